The molecule has 1 saturated carbocycles. The van der Waals surface area contributed by atoms with Crippen molar-refractivity contribution in [3.8, 4) is 0 Å². The number of morpholine rings is 1. The van der Waals surface area contributed by atoms with Gasteiger partial charge in [-0.2, -0.15) is 0 Å². The number of imide groups is 1. The van der Waals surface area contributed by atoms with Crippen LogP contribution < -0.4 is 4.90 Å². The van der Waals surface area contributed by atoms with E-state index in [9.17, 15) is 14.4 Å². The summed E-state index contributed by atoms with van der Waals surface area (Å²) < 4.78 is 5.27. The summed E-state index contributed by atoms with van der Waals surface area (Å²) >= 11 is 0. The summed E-state index contributed by atoms with van der Waals surface area (Å²) in [4.78, 5) is 41.3. The third-order valence-electron chi connectivity index (χ3n) is 6.14. The molecule has 0 spiro atoms. The van der Waals surface area contributed by atoms with E-state index >= 15 is 0 Å². The highest BCUT2D eigenvalue weighted by atomic mass is 16.5. The molecule has 134 valence electrons. The third kappa shape index (κ3) is 2.18. The number of benzene rings is 1. The van der Waals surface area contributed by atoms with Gasteiger partial charge in [0.1, 0.15) is 0 Å². The molecule has 26 heavy (non-hydrogen) atoms. The quantitative estimate of drug-likeness (QED) is 0.597. The number of hydrogen-bond acceptors (Lipinski definition) is 4. The van der Waals surface area contributed by atoms with Crippen LogP contribution in [0.5, 0.6) is 0 Å². The number of carbonyl (C=O) groups excluding carboxylic acids is 3. The number of carbonyl (C=O) groups is 3. The van der Waals surface area contributed by atoms with Crippen molar-refractivity contribution < 1.29 is 19.1 Å². The Morgan fingerprint density at radius 3 is 2.08 bits per heavy atom. The van der Waals surface area contributed by atoms with Crippen LogP contribution in [0.25, 0.3) is 0 Å². The van der Waals surface area contributed by atoms with Crippen molar-refractivity contribution in [2.45, 2.75) is 6.42 Å². The second-order valence-electron chi connectivity index (χ2n) is 7.46. The van der Waals surface area contributed by atoms with Crippen molar-refractivity contribution in [1.29, 1.82) is 0 Å². The van der Waals surface area contributed by atoms with Gasteiger partial charge in [0, 0.05) is 18.7 Å². The molecule has 3 amide bonds. The summed E-state index contributed by atoms with van der Waals surface area (Å²) in [5.41, 5.74) is 1.13. The highest BCUT2D eigenvalue weighted by Gasteiger charge is 2.59. The first kappa shape index (κ1) is 15.8. The Hall–Kier alpha value is -2.47. The fourth-order valence-electron chi connectivity index (χ4n) is 4.86. The second kappa shape index (κ2) is 5.77. The second-order valence-corrected chi connectivity index (χ2v) is 7.46. The molecule has 0 aromatic heterocycles. The van der Waals surface area contributed by atoms with Crippen molar-refractivity contribution in [3.05, 3.63) is 42.0 Å². The average molecular weight is 352 g/mol. The predicted molar refractivity (Wildman–Crippen MR) is 93.4 cm³/mol. The summed E-state index contributed by atoms with van der Waals surface area (Å²) in [6, 6.07) is 6.82. The van der Waals surface area contributed by atoms with E-state index < -0.39 is 0 Å². The normalized spacial score (nSPS) is 32.5. The van der Waals surface area contributed by atoms with Gasteiger partial charge < -0.3 is 9.64 Å². The molecule has 2 bridgehead atoms. The third-order valence-corrected chi connectivity index (χ3v) is 6.14. The van der Waals surface area contributed by atoms with Gasteiger partial charge in [-0.25, -0.2) is 0 Å². The van der Waals surface area contributed by atoms with Crippen LogP contribution in [0.4, 0.5) is 5.69 Å². The van der Waals surface area contributed by atoms with Gasteiger partial charge in [-0.3, -0.25) is 19.3 Å². The number of rotatable bonds is 2. The van der Waals surface area contributed by atoms with E-state index in [1.807, 2.05) is 0 Å². The maximum absolute atomic E-state index is 12.8. The SMILES string of the molecule is O=C(c1ccc(N2C(=O)C3C4C=CC(C4)C3C2=O)cc1)N1CCOCC1. The summed E-state index contributed by atoms with van der Waals surface area (Å²) in [5.74, 6) is -0.229. The zero-order valence-corrected chi connectivity index (χ0v) is 14.3. The molecule has 5 rings (SSSR count). The van der Waals surface area contributed by atoms with Gasteiger partial charge in [0.05, 0.1) is 30.7 Å². The van der Waals surface area contributed by atoms with E-state index in [1.165, 1.54) is 4.90 Å². The van der Waals surface area contributed by atoms with Gasteiger partial charge in [-0.1, -0.05) is 12.2 Å². The Kier molecular flexibility index (Phi) is 3.50. The Morgan fingerprint density at radius 1 is 0.923 bits per heavy atom. The summed E-state index contributed by atoms with van der Waals surface area (Å²) in [6.07, 6.45) is 5.10. The fraction of sp³-hybridized carbons (Fsp3) is 0.450. The first-order valence-corrected chi connectivity index (χ1v) is 9.18. The van der Waals surface area contributed by atoms with Crippen LogP contribution >= 0.6 is 0 Å². The largest absolute Gasteiger partial charge is 0.378 e. The highest BCUT2D eigenvalue weighted by Crippen LogP contribution is 2.53. The minimum atomic E-state index is -0.202. The molecule has 2 aliphatic carbocycles. The molecule has 1 aromatic rings. The molecule has 4 aliphatic rings. The van der Waals surface area contributed by atoms with Gasteiger partial charge in [0.2, 0.25) is 11.8 Å². The number of allylic oxidation sites excluding steroid dienone is 2. The first-order chi connectivity index (χ1) is 12.6. The van der Waals surface area contributed by atoms with Gasteiger partial charge in [0.25, 0.3) is 5.91 Å². The van der Waals surface area contributed by atoms with Crippen LogP contribution in [0.2, 0.25) is 0 Å². The Labute approximate surface area is 151 Å². The van der Waals surface area contributed by atoms with Gasteiger partial charge in [0.15, 0.2) is 0 Å². The molecular formula is C20H20N2O4. The molecule has 4 atom stereocenters. The first-order valence-electron chi connectivity index (χ1n) is 9.18. The van der Waals surface area contributed by atoms with Gasteiger partial charge in [-0.05, 0) is 42.5 Å². The number of anilines is 1. The molecule has 0 N–H and O–H groups in total. The molecule has 1 aromatic carbocycles. The zero-order valence-electron chi connectivity index (χ0n) is 14.3. The van der Waals surface area contributed by atoms with Crippen LogP contribution in [0.1, 0.15) is 16.8 Å². The van der Waals surface area contributed by atoms with Crippen LogP contribution in [-0.4, -0.2) is 48.9 Å². The number of fused-ring (bicyclic) bond motifs is 5. The minimum absolute atomic E-state index is 0.0435. The van der Waals surface area contributed by atoms with Gasteiger partial charge >= 0.3 is 0 Å². The van der Waals surface area contributed by atoms with Crippen molar-refractivity contribution in [2.24, 2.45) is 23.7 Å². The molecule has 6 nitrogen and oxygen atoms in total. The fourth-order valence-corrected chi connectivity index (χ4v) is 4.86. The lowest BCUT2D eigenvalue weighted by atomic mass is 9.85. The number of nitrogens with zero attached hydrogens (tertiary/aromatic N) is 2. The molecule has 2 saturated heterocycles. The molecular weight excluding hydrogens is 332 g/mol. The van der Waals surface area contributed by atoms with E-state index in [0.29, 0.717) is 37.6 Å². The lowest BCUT2D eigenvalue weighted by Gasteiger charge is -2.27. The highest BCUT2D eigenvalue weighted by molar-refractivity contribution is 6.22. The van der Waals surface area contributed by atoms with Gasteiger partial charge in [-0.15, -0.1) is 0 Å². The Balaban J connectivity index is 1.37. The Bertz CT molecular complexity index is 780. The molecule has 4 unspecified atom stereocenters. The number of hydrogen-bond donors (Lipinski definition) is 0. The lowest BCUT2D eigenvalue weighted by molar-refractivity contribution is -0.123. The topological polar surface area (TPSA) is 66.9 Å². The van der Waals surface area contributed by atoms with Crippen molar-refractivity contribution in [3.63, 3.8) is 0 Å². The van der Waals surface area contributed by atoms with Crippen molar-refractivity contribution >= 4 is 23.4 Å². The predicted octanol–water partition coefficient (Wildman–Crippen LogP) is 1.47. The molecule has 0 radical (unpaired) electrons. The Morgan fingerprint density at radius 2 is 1.50 bits per heavy atom. The standard InChI is InChI=1S/C20H20N2O4/c23-18(21-7-9-26-10-8-21)12-3-5-15(6-4-12)22-19(24)16-13-1-2-14(11-13)17(16)20(22)25/h1-6,13-14,16-17H,7-11H2. The molecule has 6 heteroatoms. The number of amides is 3. The van der Waals surface area contributed by atoms with Crippen LogP contribution in [0.15, 0.2) is 36.4 Å². The molecule has 2 aliphatic heterocycles. The van der Waals surface area contributed by atoms with Crippen LogP contribution in [-0.2, 0) is 14.3 Å². The molecule has 3 fully saturated rings. The van der Waals surface area contributed by atoms with E-state index in [0.717, 1.165) is 6.42 Å². The van der Waals surface area contributed by atoms with Crippen molar-refractivity contribution in [2.75, 3.05) is 31.2 Å². The lowest BCUT2D eigenvalue weighted by Crippen LogP contribution is -2.40. The smallest absolute Gasteiger partial charge is 0.254 e. The summed E-state index contributed by atoms with van der Waals surface area (Å²) in [6.45, 7) is 2.28. The maximum atomic E-state index is 12.8. The van der Waals surface area contributed by atoms with E-state index in [2.05, 4.69) is 12.2 Å². The zero-order chi connectivity index (χ0) is 17.8. The number of ether oxygens (including phenoxy) is 1. The maximum Gasteiger partial charge on any atom is 0.254 e. The van der Waals surface area contributed by atoms with E-state index in [1.54, 1.807) is 29.2 Å². The summed E-state index contributed by atoms with van der Waals surface area (Å²) in [5, 5.41) is 0. The summed E-state index contributed by atoms with van der Waals surface area (Å²) in [7, 11) is 0. The molecule has 2 heterocycles. The average Bonchev–Trinajstić information content (AvgIpc) is 3.36. The van der Waals surface area contributed by atoms with E-state index in [4.69, 9.17) is 4.74 Å². The minimum Gasteiger partial charge on any atom is -0.378 e. The van der Waals surface area contributed by atoms with Crippen LogP contribution in [0, 0.1) is 23.7 Å². The van der Waals surface area contributed by atoms with Crippen molar-refractivity contribution in [1.82, 2.24) is 4.90 Å². The van der Waals surface area contributed by atoms with Crippen LogP contribution in [0.3, 0.4) is 0 Å². The van der Waals surface area contributed by atoms with E-state index in [-0.39, 0.29) is 41.4 Å². The monoisotopic (exact) mass is 352 g/mol.